The number of carbonyl (C=O) groups excluding carboxylic acids is 1. The molecule has 0 bridgehead atoms. The van der Waals surface area contributed by atoms with Gasteiger partial charge in [0.1, 0.15) is 0 Å². The molecule has 0 spiro atoms. The number of hydrogen-bond acceptors (Lipinski definition) is 3. The molecule has 1 atom stereocenters. The Morgan fingerprint density at radius 3 is 2.62 bits per heavy atom. The second kappa shape index (κ2) is 6.77. The quantitative estimate of drug-likeness (QED) is 0.916. The number of piperidine rings is 1. The Labute approximate surface area is 130 Å². The summed E-state index contributed by atoms with van der Waals surface area (Å²) in [5, 5.41) is 0.584. The van der Waals surface area contributed by atoms with Crippen LogP contribution in [0, 0.1) is 0 Å². The Bertz CT molecular complexity index is 601. The van der Waals surface area contributed by atoms with E-state index in [-0.39, 0.29) is 18.5 Å². The number of halogens is 1. The van der Waals surface area contributed by atoms with Crippen molar-refractivity contribution in [2.24, 2.45) is 0 Å². The minimum atomic E-state index is -3.25. The largest absolute Gasteiger partial charge is 0.334 e. The van der Waals surface area contributed by atoms with Gasteiger partial charge in [-0.15, -0.1) is 0 Å². The highest BCUT2D eigenvalue weighted by atomic mass is 35.5. The van der Waals surface area contributed by atoms with Gasteiger partial charge in [-0.1, -0.05) is 11.6 Å². The number of hydrogen-bond donors (Lipinski definition) is 1. The molecule has 0 radical (unpaired) electrons. The first-order valence-electron chi connectivity index (χ1n) is 6.88. The lowest BCUT2D eigenvalue weighted by Gasteiger charge is -2.35. The zero-order chi connectivity index (χ0) is 15.5. The molecule has 1 aliphatic rings. The van der Waals surface area contributed by atoms with Crippen LogP contribution in [-0.2, 0) is 10.0 Å². The Morgan fingerprint density at radius 2 is 2.00 bits per heavy atom. The third kappa shape index (κ3) is 4.69. The Balaban J connectivity index is 2.10. The number of nitrogens with zero attached hydrogens (tertiary/aromatic N) is 1. The topological polar surface area (TPSA) is 66.5 Å². The molecule has 0 aromatic heterocycles. The number of sulfonamides is 1. The fourth-order valence-corrected chi connectivity index (χ4v) is 3.11. The zero-order valence-corrected chi connectivity index (χ0v) is 13.5. The summed E-state index contributed by atoms with van der Waals surface area (Å²) in [4.78, 5) is 14.3. The normalized spacial score (nSPS) is 19.5. The minimum Gasteiger partial charge on any atom is -0.334 e. The number of carbonyl (C=O) groups is 1. The molecule has 1 heterocycles. The van der Waals surface area contributed by atoms with Gasteiger partial charge in [0.15, 0.2) is 0 Å². The molecule has 116 valence electrons. The Kier molecular flexibility index (Phi) is 5.24. The van der Waals surface area contributed by atoms with Crippen LogP contribution in [-0.4, -0.2) is 44.6 Å². The first-order chi connectivity index (χ1) is 9.87. The molecule has 2 rings (SSSR count). The van der Waals surface area contributed by atoms with Crippen LogP contribution in [0.5, 0.6) is 0 Å². The van der Waals surface area contributed by atoms with Crippen molar-refractivity contribution in [3.8, 4) is 0 Å². The van der Waals surface area contributed by atoms with E-state index < -0.39 is 10.0 Å². The van der Waals surface area contributed by atoms with Crippen LogP contribution in [0.2, 0.25) is 5.02 Å². The first-order valence-corrected chi connectivity index (χ1v) is 9.15. The van der Waals surface area contributed by atoms with E-state index in [1.54, 1.807) is 29.2 Å². The van der Waals surface area contributed by atoms with E-state index >= 15 is 0 Å². The van der Waals surface area contributed by atoms with E-state index in [0.29, 0.717) is 17.1 Å². The van der Waals surface area contributed by atoms with Crippen LogP contribution in [0.1, 0.15) is 29.6 Å². The predicted molar refractivity (Wildman–Crippen MR) is 83.0 cm³/mol. The van der Waals surface area contributed by atoms with E-state index in [0.717, 1.165) is 25.5 Å². The Morgan fingerprint density at radius 1 is 1.33 bits per heavy atom. The van der Waals surface area contributed by atoms with E-state index in [1.165, 1.54) is 0 Å². The van der Waals surface area contributed by atoms with Crippen LogP contribution < -0.4 is 4.72 Å². The summed E-state index contributed by atoms with van der Waals surface area (Å²) in [5.41, 5.74) is 0.575. The van der Waals surface area contributed by atoms with Crippen LogP contribution >= 0.6 is 11.6 Å². The van der Waals surface area contributed by atoms with Crippen LogP contribution in [0.15, 0.2) is 24.3 Å². The number of nitrogens with one attached hydrogen (secondary N) is 1. The molecule has 1 saturated heterocycles. The van der Waals surface area contributed by atoms with Gasteiger partial charge in [-0.05, 0) is 43.5 Å². The van der Waals surface area contributed by atoms with Gasteiger partial charge in [0.05, 0.1) is 6.26 Å². The van der Waals surface area contributed by atoms with E-state index in [2.05, 4.69) is 4.72 Å². The molecule has 1 aliphatic heterocycles. The van der Waals surface area contributed by atoms with E-state index in [9.17, 15) is 13.2 Å². The third-order valence-electron chi connectivity index (χ3n) is 3.56. The fourth-order valence-electron chi connectivity index (χ4n) is 2.49. The lowest BCUT2D eigenvalue weighted by atomic mass is 10.0. The highest BCUT2D eigenvalue weighted by molar-refractivity contribution is 7.88. The highest BCUT2D eigenvalue weighted by Gasteiger charge is 2.27. The number of rotatable bonds is 4. The van der Waals surface area contributed by atoms with Crippen molar-refractivity contribution in [3.63, 3.8) is 0 Å². The zero-order valence-electron chi connectivity index (χ0n) is 11.9. The molecule has 1 aromatic rings. The molecule has 1 amide bonds. The fraction of sp³-hybridized carbons (Fsp3) is 0.500. The smallest absolute Gasteiger partial charge is 0.254 e. The summed E-state index contributed by atoms with van der Waals surface area (Å²) in [6.45, 7) is 0.912. The molecule has 1 aromatic carbocycles. The van der Waals surface area contributed by atoms with Crippen molar-refractivity contribution in [1.29, 1.82) is 0 Å². The van der Waals surface area contributed by atoms with Crippen LogP contribution in [0.3, 0.4) is 0 Å². The molecule has 7 heteroatoms. The van der Waals surface area contributed by atoms with Gasteiger partial charge in [-0.2, -0.15) is 0 Å². The monoisotopic (exact) mass is 330 g/mol. The lowest BCUT2D eigenvalue weighted by molar-refractivity contribution is 0.0619. The maximum atomic E-state index is 12.6. The summed E-state index contributed by atoms with van der Waals surface area (Å²) < 4.78 is 25.0. The average Bonchev–Trinajstić information content (AvgIpc) is 2.45. The standard InChI is InChI=1S/C14H19ClN2O3S/c1-21(19,20)16-10-13-4-2-3-9-17(13)14(18)11-5-7-12(15)8-6-11/h5-8,13,16H,2-4,9-10H2,1H3. The Hall–Kier alpha value is -1.11. The molecule has 21 heavy (non-hydrogen) atoms. The predicted octanol–water partition coefficient (Wildman–Crippen LogP) is 1.88. The van der Waals surface area contributed by atoms with Gasteiger partial charge < -0.3 is 4.90 Å². The molecule has 0 saturated carbocycles. The average molecular weight is 331 g/mol. The van der Waals surface area contributed by atoms with Crippen LogP contribution in [0.25, 0.3) is 0 Å². The molecule has 0 aliphatic carbocycles. The lowest BCUT2D eigenvalue weighted by Crippen LogP contribution is -2.49. The van der Waals surface area contributed by atoms with E-state index in [1.807, 2.05) is 0 Å². The van der Waals surface area contributed by atoms with Crippen molar-refractivity contribution in [2.45, 2.75) is 25.3 Å². The van der Waals surface area contributed by atoms with Crippen molar-refractivity contribution in [3.05, 3.63) is 34.9 Å². The number of amides is 1. The van der Waals surface area contributed by atoms with Gasteiger partial charge in [-0.3, -0.25) is 4.79 Å². The summed E-state index contributed by atoms with van der Waals surface area (Å²) in [7, 11) is -3.25. The third-order valence-corrected chi connectivity index (χ3v) is 4.50. The molecule has 1 N–H and O–H groups in total. The maximum absolute atomic E-state index is 12.6. The summed E-state index contributed by atoms with van der Waals surface area (Å²) in [5.74, 6) is -0.0772. The first kappa shape index (κ1) is 16.3. The maximum Gasteiger partial charge on any atom is 0.254 e. The summed E-state index contributed by atoms with van der Waals surface area (Å²) >= 11 is 5.83. The van der Waals surface area contributed by atoms with Crippen LogP contribution in [0.4, 0.5) is 0 Å². The molecular formula is C14H19ClN2O3S. The minimum absolute atomic E-state index is 0.0772. The van der Waals surface area contributed by atoms with Crippen molar-refractivity contribution >= 4 is 27.5 Å². The SMILES string of the molecule is CS(=O)(=O)NCC1CCCCN1C(=O)c1ccc(Cl)cc1. The van der Waals surface area contributed by atoms with Gasteiger partial charge >= 0.3 is 0 Å². The highest BCUT2D eigenvalue weighted by Crippen LogP contribution is 2.20. The van der Waals surface area contributed by atoms with Crippen molar-refractivity contribution < 1.29 is 13.2 Å². The van der Waals surface area contributed by atoms with Gasteiger partial charge in [-0.25, -0.2) is 13.1 Å². The molecule has 1 unspecified atom stereocenters. The molecule has 1 fully saturated rings. The van der Waals surface area contributed by atoms with Gasteiger partial charge in [0.2, 0.25) is 10.0 Å². The van der Waals surface area contributed by atoms with Gasteiger partial charge in [0.25, 0.3) is 5.91 Å². The molecular weight excluding hydrogens is 312 g/mol. The number of likely N-dealkylation sites (tertiary alicyclic amines) is 1. The number of benzene rings is 1. The van der Waals surface area contributed by atoms with Gasteiger partial charge in [0, 0.05) is 29.7 Å². The summed E-state index contributed by atoms with van der Waals surface area (Å²) in [6.07, 6.45) is 3.87. The second-order valence-corrected chi connectivity index (χ2v) is 7.55. The van der Waals surface area contributed by atoms with Crippen molar-refractivity contribution in [1.82, 2.24) is 9.62 Å². The van der Waals surface area contributed by atoms with E-state index in [4.69, 9.17) is 11.6 Å². The second-order valence-electron chi connectivity index (χ2n) is 5.28. The van der Waals surface area contributed by atoms with Crippen molar-refractivity contribution in [2.75, 3.05) is 19.3 Å². The summed E-state index contributed by atoms with van der Waals surface area (Å²) in [6, 6.07) is 6.66. The molecule has 5 nitrogen and oxygen atoms in total.